The molecule has 3 heteroatoms. The highest BCUT2D eigenvalue weighted by Crippen LogP contribution is 2.23. The molecule has 2 aliphatic rings. The number of rotatable bonds is 5. The van der Waals surface area contributed by atoms with Crippen LogP contribution in [0.4, 0.5) is 0 Å². The SMILES string of the molecule is C/C=C\C(=CCC1=C(C)C=CC(C)N1C)CC1=NCC=CCCC=N1. The molecule has 0 aromatic heterocycles. The van der Waals surface area contributed by atoms with Crippen LogP contribution in [0, 0.1) is 0 Å². The van der Waals surface area contributed by atoms with Crippen LogP contribution in [-0.2, 0) is 0 Å². The van der Waals surface area contributed by atoms with Gasteiger partial charge in [-0.25, -0.2) is 4.99 Å². The standard InChI is InChI=1S/C22H31N3/c1-5-10-20(17-22-23-15-8-6-7-9-16-24-22)13-14-21-18(2)11-12-19(3)25(21)4/h5-6,8,10-13,16,19H,7,9,14-15,17H2,1-4H3/b8-6?,10-5-,20-13?,23-22?,24-16?. The van der Waals surface area contributed by atoms with Gasteiger partial charge in [-0.1, -0.05) is 42.5 Å². The largest absolute Gasteiger partial charge is 0.371 e. The molecule has 0 amide bonds. The summed E-state index contributed by atoms with van der Waals surface area (Å²) in [5.74, 6) is 0.923. The molecule has 1 unspecified atom stereocenters. The predicted molar refractivity (Wildman–Crippen MR) is 110 cm³/mol. The van der Waals surface area contributed by atoms with E-state index in [0.717, 1.165) is 38.1 Å². The summed E-state index contributed by atoms with van der Waals surface area (Å²) in [5.41, 5.74) is 4.01. The molecule has 2 aliphatic heterocycles. The molecule has 1 atom stereocenters. The van der Waals surface area contributed by atoms with Crippen molar-refractivity contribution in [1.82, 2.24) is 4.90 Å². The lowest BCUT2D eigenvalue weighted by atomic mass is 10.0. The average Bonchev–Trinajstić information content (AvgIpc) is 2.72. The zero-order valence-corrected chi connectivity index (χ0v) is 16.1. The third kappa shape index (κ3) is 6.00. The highest BCUT2D eigenvalue weighted by atomic mass is 15.1. The first kappa shape index (κ1) is 19.2. The van der Waals surface area contributed by atoms with Crippen molar-refractivity contribution in [3.63, 3.8) is 0 Å². The number of amidine groups is 1. The van der Waals surface area contributed by atoms with Crippen molar-refractivity contribution in [2.24, 2.45) is 9.98 Å². The van der Waals surface area contributed by atoms with E-state index in [1.165, 1.54) is 16.8 Å². The molecular formula is C22H31N3. The first-order chi connectivity index (χ1) is 12.1. The van der Waals surface area contributed by atoms with Crippen molar-refractivity contribution in [3.8, 4) is 0 Å². The van der Waals surface area contributed by atoms with Gasteiger partial charge in [-0.15, -0.1) is 0 Å². The van der Waals surface area contributed by atoms with Crippen molar-refractivity contribution < 1.29 is 0 Å². The Morgan fingerprint density at radius 1 is 1.32 bits per heavy atom. The number of allylic oxidation sites excluding steroid dienone is 6. The topological polar surface area (TPSA) is 28.0 Å². The van der Waals surface area contributed by atoms with E-state index >= 15 is 0 Å². The van der Waals surface area contributed by atoms with Crippen LogP contribution < -0.4 is 0 Å². The minimum Gasteiger partial charge on any atom is -0.371 e. The van der Waals surface area contributed by atoms with Crippen LogP contribution in [0.3, 0.4) is 0 Å². The maximum atomic E-state index is 4.63. The third-order valence-electron chi connectivity index (χ3n) is 4.67. The van der Waals surface area contributed by atoms with E-state index in [1.807, 2.05) is 6.21 Å². The number of hydrogen-bond donors (Lipinski definition) is 0. The zero-order chi connectivity index (χ0) is 18.1. The van der Waals surface area contributed by atoms with Crippen molar-refractivity contribution >= 4 is 12.1 Å². The molecule has 2 rings (SSSR count). The Balaban J connectivity index is 2.14. The van der Waals surface area contributed by atoms with Crippen molar-refractivity contribution in [2.75, 3.05) is 13.6 Å². The molecule has 134 valence electrons. The highest BCUT2D eigenvalue weighted by molar-refractivity contribution is 5.91. The molecule has 0 bridgehead atoms. The van der Waals surface area contributed by atoms with Crippen LogP contribution in [-0.4, -0.2) is 36.6 Å². The zero-order valence-electron chi connectivity index (χ0n) is 16.1. The van der Waals surface area contributed by atoms with Gasteiger partial charge in [0, 0.05) is 37.8 Å². The van der Waals surface area contributed by atoms with Crippen LogP contribution >= 0.6 is 0 Å². The summed E-state index contributed by atoms with van der Waals surface area (Å²) >= 11 is 0. The fourth-order valence-electron chi connectivity index (χ4n) is 2.99. The maximum absolute atomic E-state index is 4.63. The van der Waals surface area contributed by atoms with Crippen LogP contribution in [0.1, 0.15) is 46.5 Å². The second kappa shape index (κ2) is 9.97. The normalized spacial score (nSPS) is 22.2. The minimum atomic E-state index is 0.451. The van der Waals surface area contributed by atoms with Gasteiger partial charge < -0.3 is 4.90 Å². The van der Waals surface area contributed by atoms with Gasteiger partial charge >= 0.3 is 0 Å². The number of nitrogens with zero attached hydrogens (tertiary/aromatic N) is 3. The fraction of sp³-hybridized carbons (Fsp3) is 0.455. The van der Waals surface area contributed by atoms with Crippen LogP contribution in [0.5, 0.6) is 0 Å². The molecule has 2 heterocycles. The quantitative estimate of drug-likeness (QED) is 0.497. The second-order valence-electron chi connectivity index (χ2n) is 6.62. The van der Waals surface area contributed by atoms with Crippen molar-refractivity contribution in [3.05, 3.63) is 59.4 Å². The summed E-state index contributed by atoms with van der Waals surface area (Å²) in [6, 6.07) is 0.451. The van der Waals surface area contributed by atoms with Gasteiger partial charge in [0.25, 0.3) is 0 Å². The van der Waals surface area contributed by atoms with Crippen LogP contribution in [0.15, 0.2) is 69.4 Å². The third-order valence-corrected chi connectivity index (χ3v) is 4.67. The Kier molecular flexibility index (Phi) is 7.65. The highest BCUT2D eigenvalue weighted by Gasteiger charge is 2.15. The van der Waals surface area contributed by atoms with E-state index in [1.54, 1.807) is 0 Å². The van der Waals surface area contributed by atoms with Crippen molar-refractivity contribution in [1.29, 1.82) is 0 Å². The predicted octanol–water partition coefficient (Wildman–Crippen LogP) is 5.25. The fourth-order valence-corrected chi connectivity index (χ4v) is 2.99. The molecule has 0 spiro atoms. The summed E-state index contributed by atoms with van der Waals surface area (Å²) < 4.78 is 0. The smallest absolute Gasteiger partial charge is 0.127 e. The van der Waals surface area contributed by atoms with Gasteiger partial charge in [-0.05, 0) is 44.8 Å². The van der Waals surface area contributed by atoms with E-state index in [-0.39, 0.29) is 0 Å². The Morgan fingerprint density at radius 2 is 2.16 bits per heavy atom. The lowest BCUT2D eigenvalue weighted by Gasteiger charge is -2.31. The molecular weight excluding hydrogens is 306 g/mol. The Labute approximate surface area is 152 Å². The second-order valence-corrected chi connectivity index (χ2v) is 6.62. The molecule has 0 saturated heterocycles. The van der Waals surface area contributed by atoms with Crippen LogP contribution in [0.2, 0.25) is 0 Å². The number of aliphatic imine (C=N–C) groups is 2. The monoisotopic (exact) mass is 337 g/mol. The van der Waals surface area contributed by atoms with Gasteiger partial charge in [-0.2, -0.15) is 0 Å². The summed E-state index contributed by atoms with van der Waals surface area (Å²) in [6.07, 6.45) is 21.2. The van der Waals surface area contributed by atoms with Gasteiger partial charge in [-0.3, -0.25) is 4.99 Å². The summed E-state index contributed by atoms with van der Waals surface area (Å²) in [5, 5.41) is 0. The lowest BCUT2D eigenvalue weighted by Crippen LogP contribution is -2.29. The van der Waals surface area contributed by atoms with E-state index in [4.69, 9.17) is 0 Å². The lowest BCUT2D eigenvalue weighted by molar-refractivity contribution is 0.357. The molecule has 25 heavy (non-hydrogen) atoms. The Bertz CT molecular complexity index is 657. The molecule has 3 nitrogen and oxygen atoms in total. The first-order valence-corrected chi connectivity index (χ1v) is 9.25. The molecule has 0 fully saturated rings. The molecule has 0 N–H and O–H groups in total. The molecule has 0 aliphatic carbocycles. The van der Waals surface area contributed by atoms with Crippen LogP contribution in [0.25, 0.3) is 0 Å². The molecule has 0 saturated carbocycles. The minimum absolute atomic E-state index is 0.451. The van der Waals surface area contributed by atoms with E-state index in [0.29, 0.717) is 6.04 Å². The van der Waals surface area contributed by atoms with Gasteiger partial charge in [0.2, 0.25) is 0 Å². The van der Waals surface area contributed by atoms with Gasteiger partial charge in [0.1, 0.15) is 5.84 Å². The Morgan fingerprint density at radius 3 is 2.96 bits per heavy atom. The number of likely N-dealkylation sites (N-methyl/N-ethyl adjacent to an activating group) is 1. The van der Waals surface area contributed by atoms with E-state index in [2.05, 4.69) is 85.2 Å². The summed E-state index contributed by atoms with van der Waals surface area (Å²) in [6.45, 7) is 7.21. The molecule has 0 radical (unpaired) electrons. The molecule has 0 aromatic carbocycles. The van der Waals surface area contributed by atoms with Gasteiger partial charge in [0.05, 0.1) is 6.54 Å². The van der Waals surface area contributed by atoms with Crippen molar-refractivity contribution in [2.45, 2.75) is 52.5 Å². The summed E-state index contributed by atoms with van der Waals surface area (Å²) in [4.78, 5) is 11.6. The average molecular weight is 338 g/mol. The van der Waals surface area contributed by atoms with E-state index in [9.17, 15) is 0 Å². The maximum Gasteiger partial charge on any atom is 0.127 e. The Hall–Kier alpha value is -2.16. The first-order valence-electron chi connectivity index (χ1n) is 9.25. The summed E-state index contributed by atoms with van der Waals surface area (Å²) in [7, 11) is 2.18. The molecule has 0 aromatic rings. The number of hydrogen-bond acceptors (Lipinski definition) is 3. The van der Waals surface area contributed by atoms with E-state index < -0.39 is 0 Å². The van der Waals surface area contributed by atoms with Gasteiger partial charge in [0.15, 0.2) is 0 Å².